The van der Waals surface area contributed by atoms with Gasteiger partial charge in [-0.05, 0) is 27.2 Å². The van der Waals surface area contributed by atoms with Crippen molar-refractivity contribution in [2.75, 3.05) is 13.2 Å². The average molecular weight is 284 g/mol. The first-order valence-electron chi connectivity index (χ1n) is 6.93. The van der Waals surface area contributed by atoms with Crippen molar-refractivity contribution in [3.63, 3.8) is 0 Å². The van der Waals surface area contributed by atoms with E-state index < -0.39 is 23.8 Å². The molecule has 114 valence electrons. The second-order valence-corrected chi connectivity index (χ2v) is 4.48. The summed E-state index contributed by atoms with van der Waals surface area (Å²) >= 11 is 0. The maximum absolute atomic E-state index is 11.9. The zero-order valence-electron chi connectivity index (χ0n) is 12.7. The molecule has 0 aliphatic carbocycles. The largest absolute Gasteiger partial charge is 0.465 e. The van der Waals surface area contributed by atoms with E-state index >= 15 is 0 Å². The van der Waals surface area contributed by atoms with Crippen LogP contribution in [0.25, 0.3) is 0 Å². The van der Waals surface area contributed by atoms with Crippen LogP contribution in [0.1, 0.15) is 40.5 Å². The van der Waals surface area contributed by atoms with Gasteiger partial charge in [-0.1, -0.05) is 19.9 Å². The van der Waals surface area contributed by atoms with Gasteiger partial charge in [0.2, 0.25) is 0 Å². The fraction of sp³-hybridized carbons (Fsp3) is 0.667. The molecule has 0 saturated heterocycles. The summed E-state index contributed by atoms with van der Waals surface area (Å²) in [5, 5.41) is 0. The normalized spacial score (nSPS) is 13.2. The van der Waals surface area contributed by atoms with Crippen LogP contribution in [0.4, 0.5) is 0 Å². The van der Waals surface area contributed by atoms with Gasteiger partial charge in [-0.3, -0.25) is 9.59 Å². The molecule has 0 radical (unpaired) electrons. The molecule has 0 N–H and O–H groups in total. The second kappa shape index (κ2) is 9.28. The Kier molecular flexibility index (Phi) is 8.52. The number of hydrogen-bond donors (Lipinski definition) is 0. The second-order valence-electron chi connectivity index (χ2n) is 4.48. The Hall–Kier alpha value is -1.65. The number of rotatable bonds is 9. The Morgan fingerprint density at radius 1 is 1.05 bits per heavy atom. The molecular weight excluding hydrogens is 260 g/mol. The number of ether oxygens (including phenoxy) is 2. The lowest BCUT2D eigenvalue weighted by molar-refractivity contribution is -0.153. The topological polar surface area (TPSA) is 69.7 Å². The van der Waals surface area contributed by atoms with E-state index in [2.05, 4.69) is 6.58 Å². The highest BCUT2D eigenvalue weighted by atomic mass is 16.5. The van der Waals surface area contributed by atoms with E-state index in [0.717, 1.165) is 0 Å². The SMILES string of the molecule is C=C(C(=O)OCC)C(CCC)C(C(C)=O)C(=O)OCC. The van der Waals surface area contributed by atoms with Crippen LogP contribution in [0.15, 0.2) is 12.2 Å². The molecule has 0 fully saturated rings. The summed E-state index contributed by atoms with van der Waals surface area (Å²) < 4.78 is 9.83. The van der Waals surface area contributed by atoms with Crippen LogP contribution in [-0.2, 0) is 23.9 Å². The summed E-state index contributed by atoms with van der Waals surface area (Å²) in [5.41, 5.74) is 0.155. The smallest absolute Gasteiger partial charge is 0.333 e. The lowest BCUT2D eigenvalue weighted by Gasteiger charge is -2.24. The molecule has 0 spiro atoms. The van der Waals surface area contributed by atoms with Crippen LogP contribution in [0.5, 0.6) is 0 Å². The Morgan fingerprint density at radius 3 is 2.00 bits per heavy atom. The first-order chi connectivity index (χ1) is 9.40. The summed E-state index contributed by atoms with van der Waals surface area (Å²) in [6.07, 6.45) is 1.22. The summed E-state index contributed by atoms with van der Waals surface area (Å²) in [6.45, 7) is 10.7. The van der Waals surface area contributed by atoms with Gasteiger partial charge in [-0.15, -0.1) is 0 Å². The van der Waals surface area contributed by atoms with E-state index in [0.29, 0.717) is 12.8 Å². The molecule has 0 rings (SSSR count). The van der Waals surface area contributed by atoms with Crippen molar-refractivity contribution >= 4 is 17.7 Å². The molecule has 0 aliphatic heterocycles. The summed E-state index contributed by atoms with van der Waals surface area (Å²) in [4.78, 5) is 35.5. The molecule has 0 aliphatic rings. The number of ketones is 1. The molecule has 5 nitrogen and oxygen atoms in total. The van der Waals surface area contributed by atoms with Crippen molar-refractivity contribution < 1.29 is 23.9 Å². The van der Waals surface area contributed by atoms with Gasteiger partial charge in [0, 0.05) is 11.5 Å². The number of carbonyl (C=O) groups is 3. The standard InChI is InChI=1S/C15H24O5/c1-6-9-12(10(4)14(17)19-7-2)13(11(5)16)15(18)20-8-3/h12-13H,4,6-9H2,1-3,5H3. The van der Waals surface area contributed by atoms with Crippen LogP contribution in [-0.4, -0.2) is 30.9 Å². The third-order valence-corrected chi connectivity index (χ3v) is 2.97. The van der Waals surface area contributed by atoms with Gasteiger partial charge in [0.05, 0.1) is 13.2 Å². The molecule has 2 unspecified atom stereocenters. The van der Waals surface area contributed by atoms with Gasteiger partial charge in [0.15, 0.2) is 0 Å². The molecule has 0 aromatic heterocycles. The van der Waals surface area contributed by atoms with Gasteiger partial charge in [0.25, 0.3) is 0 Å². The zero-order chi connectivity index (χ0) is 15.7. The first-order valence-corrected chi connectivity index (χ1v) is 6.93. The minimum absolute atomic E-state index is 0.155. The highest BCUT2D eigenvalue weighted by molar-refractivity contribution is 6.00. The van der Waals surface area contributed by atoms with Crippen LogP contribution in [0.2, 0.25) is 0 Å². The third-order valence-electron chi connectivity index (χ3n) is 2.97. The molecule has 0 aromatic carbocycles. The molecule has 5 heteroatoms. The van der Waals surface area contributed by atoms with E-state index in [1.165, 1.54) is 6.92 Å². The summed E-state index contributed by atoms with van der Waals surface area (Å²) in [7, 11) is 0. The maximum atomic E-state index is 11.9. The minimum atomic E-state index is -0.994. The van der Waals surface area contributed by atoms with Crippen LogP contribution in [0.3, 0.4) is 0 Å². The van der Waals surface area contributed by atoms with E-state index in [9.17, 15) is 14.4 Å². The lowest BCUT2D eigenvalue weighted by Crippen LogP contribution is -2.34. The molecular formula is C15H24O5. The monoisotopic (exact) mass is 284 g/mol. The molecule has 20 heavy (non-hydrogen) atoms. The average Bonchev–Trinajstić information content (AvgIpc) is 2.37. The summed E-state index contributed by atoms with van der Waals surface area (Å²) in [6, 6.07) is 0. The van der Waals surface area contributed by atoms with Crippen LogP contribution >= 0.6 is 0 Å². The lowest BCUT2D eigenvalue weighted by atomic mass is 9.81. The first kappa shape index (κ1) is 18.4. The van der Waals surface area contributed by atoms with E-state index in [-0.39, 0.29) is 24.6 Å². The van der Waals surface area contributed by atoms with Gasteiger partial charge < -0.3 is 9.47 Å². The zero-order valence-corrected chi connectivity index (χ0v) is 12.7. The van der Waals surface area contributed by atoms with E-state index in [4.69, 9.17) is 9.47 Å². The number of hydrogen-bond acceptors (Lipinski definition) is 5. The van der Waals surface area contributed by atoms with Crippen LogP contribution in [0, 0.1) is 11.8 Å². The van der Waals surface area contributed by atoms with Crippen molar-refractivity contribution in [1.82, 2.24) is 0 Å². The van der Waals surface area contributed by atoms with Crippen LogP contribution < -0.4 is 0 Å². The fourth-order valence-electron chi connectivity index (χ4n) is 2.07. The molecule has 0 amide bonds. The summed E-state index contributed by atoms with van der Waals surface area (Å²) in [5.74, 6) is -3.07. The Morgan fingerprint density at radius 2 is 1.60 bits per heavy atom. The van der Waals surface area contributed by atoms with E-state index in [1.807, 2.05) is 6.92 Å². The quantitative estimate of drug-likeness (QED) is 0.369. The number of Topliss-reactive ketones (excluding diaryl/α,β-unsaturated/α-hetero) is 1. The molecule has 0 aromatic rings. The number of esters is 2. The van der Waals surface area contributed by atoms with Gasteiger partial charge in [-0.2, -0.15) is 0 Å². The molecule has 0 saturated carbocycles. The van der Waals surface area contributed by atoms with Gasteiger partial charge in [0.1, 0.15) is 11.7 Å². The Bertz CT molecular complexity index is 372. The maximum Gasteiger partial charge on any atom is 0.333 e. The van der Waals surface area contributed by atoms with Crippen molar-refractivity contribution in [3.05, 3.63) is 12.2 Å². The molecule has 0 heterocycles. The van der Waals surface area contributed by atoms with Gasteiger partial charge >= 0.3 is 11.9 Å². The minimum Gasteiger partial charge on any atom is -0.465 e. The number of carbonyl (C=O) groups excluding carboxylic acids is 3. The predicted molar refractivity (Wildman–Crippen MR) is 75.0 cm³/mol. The molecule has 2 atom stereocenters. The Labute approximate surface area is 120 Å². The highest BCUT2D eigenvalue weighted by Gasteiger charge is 2.37. The van der Waals surface area contributed by atoms with Crippen molar-refractivity contribution in [3.8, 4) is 0 Å². The van der Waals surface area contributed by atoms with Crippen molar-refractivity contribution in [1.29, 1.82) is 0 Å². The fourth-order valence-corrected chi connectivity index (χ4v) is 2.07. The molecule has 0 bridgehead atoms. The van der Waals surface area contributed by atoms with E-state index in [1.54, 1.807) is 13.8 Å². The van der Waals surface area contributed by atoms with Crippen molar-refractivity contribution in [2.24, 2.45) is 11.8 Å². The Balaban J connectivity index is 5.27. The predicted octanol–water partition coefficient (Wildman–Crippen LogP) is 2.29. The van der Waals surface area contributed by atoms with Crippen molar-refractivity contribution in [2.45, 2.75) is 40.5 Å². The van der Waals surface area contributed by atoms with Gasteiger partial charge in [-0.25, -0.2) is 4.79 Å². The third kappa shape index (κ3) is 5.15. The highest BCUT2D eigenvalue weighted by Crippen LogP contribution is 2.28.